The van der Waals surface area contributed by atoms with Crippen LogP contribution >= 0.6 is 24.8 Å². The van der Waals surface area contributed by atoms with Crippen LogP contribution in [0.4, 0.5) is 0 Å². The SMILES string of the molecule is COc1cc2c(cc1OC)[C@@H]1[C@@H](C)[C@H](C[C@H]3NCCc4cc(OC)c(OC)cc43)CCN1CC2.Cl.Cl. The average Bonchev–Trinajstić information content (AvgIpc) is 2.88. The van der Waals surface area contributed by atoms with Crippen LogP contribution in [-0.2, 0) is 12.8 Å². The molecule has 36 heavy (non-hydrogen) atoms. The lowest BCUT2D eigenvalue weighted by Crippen LogP contribution is -2.46. The van der Waals surface area contributed by atoms with Crippen LogP contribution in [-0.4, -0.2) is 53.0 Å². The average molecular weight is 540 g/mol. The number of ether oxygens (including phenoxy) is 4. The van der Waals surface area contributed by atoms with Crippen LogP contribution in [0.15, 0.2) is 24.3 Å². The van der Waals surface area contributed by atoms with E-state index in [-0.39, 0.29) is 24.8 Å². The Hall–Kier alpha value is -1.86. The second-order valence-corrected chi connectivity index (χ2v) is 9.94. The first-order valence-corrected chi connectivity index (χ1v) is 12.5. The Labute approximate surface area is 227 Å². The van der Waals surface area contributed by atoms with Crippen LogP contribution in [0.25, 0.3) is 0 Å². The summed E-state index contributed by atoms with van der Waals surface area (Å²) in [6.07, 6.45) is 4.47. The number of halogens is 2. The highest BCUT2D eigenvalue weighted by Gasteiger charge is 2.41. The maximum absolute atomic E-state index is 5.67. The Morgan fingerprint density at radius 2 is 1.33 bits per heavy atom. The number of hydrogen-bond donors (Lipinski definition) is 1. The molecule has 5 rings (SSSR count). The van der Waals surface area contributed by atoms with Crippen molar-refractivity contribution in [2.45, 2.75) is 44.7 Å². The van der Waals surface area contributed by atoms with Gasteiger partial charge in [-0.15, -0.1) is 24.8 Å². The number of methoxy groups -OCH3 is 4. The van der Waals surface area contributed by atoms with Crippen LogP contribution in [0.2, 0.25) is 0 Å². The van der Waals surface area contributed by atoms with E-state index in [2.05, 4.69) is 41.4 Å². The molecule has 2 aromatic rings. The van der Waals surface area contributed by atoms with Gasteiger partial charge < -0.3 is 24.3 Å². The minimum Gasteiger partial charge on any atom is -0.493 e. The number of rotatable bonds is 6. The lowest BCUT2D eigenvalue weighted by atomic mass is 9.71. The molecule has 8 heteroatoms. The fourth-order valence-electron chi connectivity index (χ4n) is 6.56. The minimum atomic E-state index is 0. The van der Waals surface area contributed by atoms with Crippen LogP contribution < -0.4 is 24.3 Å². The molecule has 0 bridgehead atoms. The number of fused-ring (bicyclic) bond motifs is 4. The van der Waals surface area contributed by atoms with Gasteiger partial charge in [-0.1, -0.05) is 6.92 Å². The molecule has 4 atom stereocenters. The van der Waals surface area contributed by atoms with E-state index in [0.29, 0.717) is 23.9 Å². The molecule has 0 spiro atoms. The molecule has 0 saturated carbocycles. The number of benzene rings is 2. The van der Waals surface area contributed by atoms with E-state index in [9.17, 15) is 0 Å². The Morgan fingerprint density at radius 3 is 1.94 bits per heavy atom. The predicted molar refractivity (Wildman–Crippen MR) is 148 cm³/mol. The van der Waals surface area contributed by atoms with Crippen LogP contribution in [0, 0.1) is 11.8 Å². The summed E-state index contributed by atoms with van der Waals surface area (Å²) < 4.78 is 22.5. The third kappa shape index (κ3) is 5.10. The molecule has 0 radical (unpaired) electrons. The second kappa shape index (κ2) is 12.1. The standard InChI is InChI=1S/C28H38N2O4.2ClH/c1-17-18(12-23-21-15-26(33-4)24(31-2)13-19(21)6-9-29-23)7-10-30-11-8-20-14-25(32-3)27(34-5)16-22(20)28(17)30;;/h13-18,23,28-29H,6-12H2,1-5H3;2*1H/t17-,18-,23+,28-;;/m0../s1. The zero-order valence-corrected chi connectivity index (χ0v) is 23.6. The molecule has 0 aliphatic carbocycles. The van der Waals surface area contributed by atoms with Gasteiger partial charge in [-0.3, -0.25) is 4.90 Å². The largest absolute Gasteiger partial charge is 0.493 e. The summed E-state index contributed by atoms with van der Waals surface area (Å²) in [4.78, 5) is 2.69. The third-order valence-electron chi connectivity index (χ3n) is 8.40. The maximum atomic E-state index is 5.67. The van der Waals surface area contributed by atoms with Gasteiger partial charge in [0.05, 0.1) is 28.4 Å². The monoisotopic (exact) mass is 538 g/mol. The summed E-state index contributed by atoms with van der Waals surface area (Å²) in [5.74, 6) is 4.50. The molecule has 6 nitrogen and oxygen atoms in total. The zero-order chi connectivity index (χ0) is 23.8. The normalized spacial score (nSPS) is 24.7. The van der Waals surface area contributed by atoms with Gasteiger partial charge in [0.2, 0.25) is 0 Å². The van der Waals surface area contributed by atoms with Crippen molar-refractivity contribution in [1.29, 1.82) is 0 Å². The molecule has 3 heterocycles. The Bertz CT molecular complexity index is 1050. The molecule has 0 aromatic heterocycles. The fourth-order valence-corrected chi connectivity index (χ4v) is 6.56. The van der Waals surface area contributed by atoms with E-state index in [1.807, 2.05) is 0 Å². The number of nitrogens with one attached hydrogen (secondary N) is 1. The fraction of sp³-hybridized carbons (Fsp3) is 0.571. The number of nitrogens with zero attached hydrogens (tertiary/aromatic N) is 1. The molecule has 1 saturated heterocycles. The molecule has 200 valence electrons. The summed E-state index contributed by atoms with van der Waals surface area (Å²) in [5.41, 5.74) is 5.58. The third-order valence-corrected chi connectivity index (χ3v) is 8.40. The van der Waals surface area contributed by atoms with Crippen molar-refractivity contribution in [3.63, 3.8) is 0 Å². The lowest BCUT2D eigenvalue weighted by molar-refractivity contribution is 0.0405. The van der Waals surface area contributed by atoms with Crippen molar-refractivity contribution in [1.82, 2.24) is 10.2 Å². The quantitative estimate of drug-likeness (QED) is 0.531. The molecule has 3 aliphatic heterocycles. The lowest BCUT2D eigenvalue weighted by Gasteiger charge is -2.48. The van der Waals surface area contributed by atoms with Gasteiger partial charge in [0.25, 0.3) is 0 Å². The van der Waals surface area contributed by atoms with Gasteiger partial charge >= 0.3 is 0 Å². The molecule has 1 fully saturated rings. The van der Waals surface area contributed by atoms with Gasteiger partial charge in [0.15, 0.2) is 23.0 Å². The van der Waals surface area contributed by atoms with Crippen molar-refractivity contribution < 1.29 is 18.9 Å². The molecular weight excluding hydrogens is 499 g/mol. The minimum absolute atomic E-state index is 0. The van der Waals surface area contributed by atoms with Crippen LogP contribution in [0.1, 0.15) is 54.1 Å². The molecule has 0 unspecified atom stereocenters. The smallest absolute Gasteiger partial charge is 0.161 e. The molecule has 2 aromatic carbocycles. The molecule has 3 aliphatic rings. The van der Waals surface area contributed by atoms with E-state index in [0.717, 1.165) is 61.9 Å². The first-order valence-electron chi connectivity index (χ1n) is 12.5. The van der Waals surface area contributed by atoms with Crippen molar-refractivity contribution in [2.24, 2.45) is 11.8 Å². The van der Waals surface area contributed by atoms with Crippen molar-refractivity contribution in [2.75, 3.05) is 48.1 Å². The highest BCUT2D eigenvalue weighted by atomic mass is 35.5. The topological polar surface area (TPSA) is 52.2 Å². The van der Waals surface area contributed by atoms with Gasteiger partial charge in [0.1, 0.15) is 0 Å². The molecular formula is C28H40Cl2N2O4. The van der Waals surface area contributed by atoms with Crippen molar-refractivity contribution in [3.8, 4) is 23.0 Å². The van der Waals surface area contributed by atoms with Gasteiger partial charge in [0, 0.05) is 18.6 Å². The predicted octanol–water partition coefficient (Wildman–Crippen LogP) is 5.40. The highest BCUT2D eigenvalue weighted by Crippen LogP contribution is 2.48. The first-order chi connectivity index (χ1) is 16.6. The number of hydrogen-bond acceptors (Lipinski definition) is 6. The second-order valence-electron chi connectivity index (χ2n) is 9.94. The first kappa shape index (κ1) is 28.7. The van der Waals surface area contributed by atoms with Crippen molar-refractivity contribution >= 4 is 24.8 Å². The van der Waals surface area contributed by atoms with E-state index in [1.54, 1.807) is 28.4 Å². The van der Waals surface area contributed by atoms with Gasteiger partial charge in [-0.2, -0.15) is 0 Å². The summed E-state index contributed by atoms with van der Waals surface area (Å²) in [7, 11) is 6.88. The summed E-state index contributed by atoms with van der Waals surface area (Å²) in [5, 5.41) is 3.81. The summed E-state index contributed by atoms with van der Waals surface area (Å²) in [6.45, 7) is 5.72. The summed E-state index contributed by atoms with van der Waals surface area (Å²) in [6, 6.07) is 9.56. The Balaban J connectivity index is 0.00000180. The van der Waals surface area contributed by atoms with Gasteiger partial charge in [-0.25, -0.2) is 0 Å². The van der Waals surface area contributed by atoms with Crippen LogP contribution in [0.3, 0.4) is 0 Å². The molecule has 1 N–H and O–H groups in total. The Kier molecular flexibility index (Phi) is 9.67. The van der Waals surface area contributed by atoms with E-state index >= 15 is 0 Å². The summed E-state index contributed by atoms with van der Waals surface area (Å²) >= 11 is 0. The molecule has 0 amide bonds. The zero-order valence-electron chi connectivity index (χ0n) is 22.0. The van der Waals surface area contributed by atoms with E-state index in [4.69, 9.17) is 18.9 Å². The maximum Gasteiger partial charge on any atom is 0.161 e. The van der Waals surface area contributed by atoms with Crippen molar-refractivity contribution in [3.05, 3.63) is 46.5 Å². The van der Waals surface area contributed by atoms with Gasteiger partial charge in [-0.05, 0) is 97.1 Å². The number of piperidine rings is 1. The Morgan fingerprint density at radius 1 is 0.778 bits per heavy atom. The van der Waals surface area contributed by atoms with Crippen LogP contribution in [0.5, 0.6) is 23.0 Å². The highest BCUT2D eigenvalue weighted by molar-refractivity contribution is 5.85. The van der Waals surface area contributed by atoms with E-state index < -0.39 is 0 Å². The van der Waals surface area contributed by atoms with E-state index in [1.165, 1.54) is 28.7 Å².